The van der Waals surface area contributed by atoms with E-state index >= 15 is 0 Å². The number of methoxy groups -OCH3 is 2. The van der Waals surface area contributed by atoms with Crippen molar-refractivity contribution >= 4 is 10.8 Å². The fourth-order valence-electron chi connectivity index (χ4n) is 6.09. The van der Waals surface area contributed by atoms with Crippen LogP contribution in [-0.4, -0.2) is 82.8 Å². The van der Waals surface area contributed by atoms with Gasteiger partial charge in [0.05, 0.1) is 66.6 Å². The number of para-hydroxylation sites is 1. The average Bonchev–Trinajstić information content (AvgIpc) is 3.12. The highest BCUT2D eigenvalue weighted by Gasteiger charge is 2.39. The topological polar surface area (TPSA) is 108 Å². The Bertz CT molecular complexity index is 1530. The lowest BCUT2D eigenvalue weighted by Crippen LogP contribution is -2.53. The molecule has 1 aliphatic heterocycles. The van der Waals surface area contributed by atoms with Crippen LogP contribution in [0.1, 0.15) is 29.5 Å². The van der Waals surface area contributed by atoms with Crippen LogP contribution in [0.4, 0.5) is 0 Å². The molecule has 0 amide bonds. The van der Waals surface area contributed by atoms with Gasteiger partial charge in [0.2, 0.25) is 0 Å². The molecule has 1 saturated heterocycles. The van der Waals surface area contributed by atoms with E-state index in [9.17, 15) is 10.2 Å². The minimum Gasteiger partial charge on any atom is -0.496 e. The molecule has 252 valence electrons. The summed E-state index contributed by atoms with van der Waals surface area (Å²) in [6, 6.07) is 28.3. The maximum Gasteiger partial charge on any atom is 0.127 e. The third-order valence-electron chi connectivity index (χ3n) is 8.56. The predicted octanol–water partition coefficient (Wildman–Crippen LogP) is 5.03. The van der Waals surface area contributed by atoms with Gasteiger partial charge in [0, 0.05) is 35.9 Å². The van der Waals surface area contributed by atoms with Crippen molar-refractivity contribution in [2.75, 3.05) is 60.3 Å². The predicted molar refractivity (Wildman–Crippen MR) is 181 cm³/mol. The maximum atomic E-state index is 9.92. The number of benzene rings is 4. The second-order valence-electron chi connectivity index (χ2n) is 12.0. The van der Waals surface area contributed by atoms with Crippen LogP contribution >= 0.6 is 0 Å². The zero-order chi connectivity index (χ0) is 32.9. The Morgan fingerprint density at radius 2 is 1.66 bits per heavy atom. The number of fused-ring (bicyclic) bond motifs is 1. The van der Waals surface area contributed by atoms with Crippen LogP contribution in [-0.2, 0) is 32.8 Å². The summed E-state index contributed by atoms with van der Waals surface area (Å²) in [5.74, 6) is 2.44. The Morgan fingerprint density at radius 1 is 0.872 bits per heavy atom. The molecule has 9 heteroatoms. The molecule has 3 atom stereocenters. The van der Waals surface area contributed by atoms with E-state index < -0.39 is 11.5 Å². The van der Waals surface area contributed by atoms with E-state index in [2.05, 4.69) is 35.6 Å². The summed E-state index contributed by atoms with van der Waals surface area (Å²) >= 11 is 0. The second-order valence-corrected chi connectivity index (χ2v) is 12.0. The van der Waals surface area contributed by atoms with E-state index in [1.807, 2.05) is 54.6 Å². The lowest BCUT2D eigenvalue weighted by Gasteiger charge is -2.41. The van der Waals surface area contributed by atoms with Gasteiger partial charge in [-0.3, -0.25) is 0 Å². The van der Waals surface area contributed by atoms with Crippen LogP contribution in [0.5, 0.6) is 17.2 Å². The number of piperidine rings is 1. The van der Waals surface area contributed by atoms with Gasteiger partial charge in [-0.05, 0) is 53.3 Å². The quantitative estimate of drug-likeness (QED) is 0.129. The van der Waals surface area contributed by atoms with Crippen LogP contribution in [0.3, 0.4) is 0 Å². The minimum absolute atomic E-state index is 0.0565. The van der Waals surface area contributed by atoms with Crippen molar-refractivity contribution in [3.8, 4) is 17.2 Å². The summed E-state index contributed by atoms with van der Waals surface area (Å²) in [6.45, 7) is 3.54. The van der Waals surface area contributed by atoms with Crippen molar-refractivity contribution in [3.05, 3.63) is 102 Å². The maximum absolute atomic E-state index is 9.92. The van der Waals surface area contributed by atoms with Gasteiger partial charge in [0.15, 0.2) is 0 Å². The van der Waals surface area contributed by atoms with Crippen molar-refractivity contribution in [2.24, 2.45) is 0 Å². The highest BCUT2D eigenvalue weighted by Crippen LogP contribution is 2.35. The van der Waals surface area contributed by atoms with Gasteiger partial charge in [-0.25, -0.2) is 0 Å². The van der Waals surface area contributed by atoms with Gasteiger partial charge >= 0.3 is 0 Å². The smallest absolute Gasteiger partial charge is 0.127 e. The Hall–Kier alpha value is -3.70. The molecule has 1 aliphatic rings. The lowest BCUT2D eigenvalue weighted by molar-refractivity contribution is -0.0407. The van der Waals surface area contributed by atoms with E-state index in [-0.39, 0.29) is 19.3 Å². The van der Waals surface area contributed by atoms with Gasteiger partial charge < -0.3 is 44.0 Å². The van der Waals surface area contributed by atoms with Crippen LogP contribution < -0.4 is 19.5 Å². The van der Waals surface area contributed by atoms with Gasteiger partial charge in [-0.1, -0.05) is 54.6 Å². The summed E-state index contributed by atoms with van der Waals surface area (Å²) in [5, 5.41) is 25.0. The SMILES string of the molecule is COc1ccccc1COCCCOc1ccc(C2(COCC(O)CO)CNCC(OCc3cc(OC)c4ccccc4c3)C2)cc1. The molecule has 47 heavy (non-hydrogen) atoms. The fraction of sp³-hybridized carbons (Fsp3) is 0.421. The van der Waals surface area contributed by atoms with E-state index in [1.165, 1.54) is 0 Å². The summed E-state index contributed by atoms with van der Waals surface area (Å²) in [4.78, 5) is 0. The molecule has 0 radical (unpaired) electrons. The van der Waals surface area contributed by atoms with E-state index in [4.69, 9.17) is 28.4 Å². The molecule has 0 aliphatic carbocycles. The summed E-state index contributed by atoms with van der Waals surface area (Å²) in [7, 11) is 3.35. The second kappa shape index (κ2) is 17.5. The van der Waals surface area contributed by atoms with Crippen LogP contribution in [0.25, 0.3) is 10.8 Å². The van der Waals surface area contributed by atoms with Gasteiger partial charge in [0.25, 0.3) is 0 Å². The van der Waals surface area contributed by atoms with Crippen LogP contribution in [0.2, 0.25) is 0 Å². The van der Waals surface area contributed by atoms with E-state index in [1.54, 1.807) is 14.2 Å². The minimum atomic E-state index is -0.923. The van der Waals surface area contributed by atoms with Crippen molar-refractivity contribution in [1.82, 2.24) is 5.32 Å². The molecule has 0 bridgehead atoms. The summed E-state index contributed by atoms with van der Waals surface area (Å²) in [5.41, 5.74) is 2.76. The molecule has 4 aromatic rings. The molecule has 9 nitrogen and oxygen atoms in total. The Balaban J connectivity index is 1.18. The molecule has 0 saturated carbocycles. The summed E-state index contributed by atoms with van der Waals surface area (Å²) < 4.78 is 35.4. The molecule has 3 unspecified atom stereocenters. The van der Waals surface area contributed by atoms with E-state index in [0.29, 0.717) is 46.1 Å². The first-order valence-electron chi connectivity index (χ1n) is 16.2. The molecule has 1 fully saturated rings. The highest BCUT2D eigenvalue weighted by molar-refractivity contribution is 5.89. The first-order valence-corrected chi connectivity index (χ1v) is 16.2. The van der Waals surface area contributed by atoms with Crippen molar-refractivity contribution in [3.63, 3.8) is 0 Å². The largest absolute Gasteiger partial charge is 0.496 e. The van der Waals surface area contributed by atoms with Gasteiger partial charge in [0.1, 0.15) is 23.4 Å². The zero-order valence-corrected chi connectivity index (χ0v) is 27.4. The molecule has 0 spiro atoms. The first kappa shape index (κ1) is 34.6. The Kier molecular flexibility index (Phi) is 12.9. The van der Waals surface area contributed by atoms with Gasteiger partial charge in [-0.15, -0.1) is 0 Å². The van der Waals surface area contributed by atoms with Crippen molar-refractivity contribution < 1.29 is 38.6 Å². The Morgan fingerprint density at radius 3 is 2.47 bits per heavy atom. The number of nitrogens with one attached hydrogen (secondary N) is 1. The third-order valence-corrected chi connectivity index (χ3v) is 8.56. The molecular formula is C38H47NO8. The Labute approximate surface area is 277 Å². The standard InChI is InChI=1S/C38H47NO8/c1-42-36-11-6-4-9-30(36)24-44-16-7-17-46-33-14-12-31(13-15-33)38(27-45-25-32(41)22-40)20-34(21-39-26-38)47-23-28-18-29-8-3-5-10-35(29)37(19-28)43-2/h3-6,8-15,18-19,32,34,39-41H,7,16-17,20-27H2,1-2H3. The van der Waals surface area contributed by atoms with Crippen molar-refractivity contribution in [1.29, 1.82) is 0 Å². The van der Waals surface area contributed by atoms with Crippen molar-refractivity contribution in [2.45, 2.75) is 43.7 Å². The highest BCUT2D eigenvalue weighted by atomic mass is 16.5. The normalized spacial score (nSPS) is 18.6. The molecule has 1 heterocycles. The molecule has 3 N–H and O–H groups in total. The number of hydrogen-bond donors (Lipinski definition) is 3. The number of ether oxygens (including phenoxy) is 6. The monoisotopic (exact) mass is 645 g/mol. The van der Waals surface area contributed by atoms with E-state index in [0.717, 1.165) is 57.6 Å². The lowest BCUT2D eigenvalue weighted by atomic mass is 9.74. The molecular weight excluding hydrogens is 598 g/mol. The number of aliphatic hydroxyl groups is 2. The van der Waals surface area contributed by atoms with Gasteiger partial charge in [-0.2, -0.15) is 0 Å². The molecule has 5 rings (SSSR count). The van der Waals surface area contributed by atoms with Crippen LogP contribution in [0.15, 0.2) is 84.9 Å². The third kappa shape index (κ3) is 9.44. The zero-order valence-electron chi connectivity index (χ0n) is 27.4. The average molecular weight is 646 g/mol. The van der Waals surface area contributed by atoms with Crippen LogP contribution in [0, 0.1) is 0 Å². The summed E-state index contributed by atoms with van der Waals surface area (Å²) in [6.07, 6.45) is 0.491. The molecule has 4 aromatic carbocycles. The number of aliphatic hydroxyl groups excluding tert-OH is 2. The fourth-order valence-corrected chi connectivity index (χ4v) is 6.09. The molecule has 0 aromatic heterocycles. The number of hydrogen-bond acceptors (Lipinski definition) is 9. The number of rotatable bonds is 18. The first-order chi connectivity index (χ1) is 23.0.